The predicted molar refractivity (Wildman–Crippen MR) is 114 cm³/mol. The summed E-state index contributed by atoms with van der Waals surface area (Å²) in [7, 11) is -3.55. The topological polar surface area (TPSA) is 75.7 Å². The Morgan fingerprint density at radius 3 is 2.79 bits per heavy atom. The SMILES string of the molecule is CS(=O)(=O)N1C[C@H](C(=O)NCCSCc2c(F)cccc2Cl)Oc2ccccc21. The molecule has 0 aliphatic carbocycles. The van der Waals surface area contributed by atoms with Crippen molar-refractivity contribution in [2.24, 2.45) is 0 Å². The van der Waals surface area contributed by atoms with Gasteiger partial charge in [0.05, 0.1) is 18.5 Å². The summed E-state index contributed by atoms with van der Waals surface area (Å²) in [5, 5.41) is 3.11. The number of amides is 1. The van der Waals surface area contributed by atoms with Gasteiger partial charge in [0.2, 0.25) is 10.0 Å². The highest BCUT2D eigenvalue weighted by Crippen LogP contribution is 2.34. The van der Waals surface area contributed by atoms with Crippen LogP contribution in [-0.4, -0.2) is 45.5 Å². The lowest BCUT2D eigenvalue weighted by molar-refractivity contribution is -0.127. The number of hydrogen-bond acceptors (Lipinski definition) is 5. The summed E-state index contributed by atoms with van der Waals surface area (Å²) in [6, 6.07) is 11.2. The summed E-state index contributed by atoms with van der Waals surface area (Å²) >= 11 is 7.42. The number of rotatable bonds is 7. The van der Waals surface area contributed by atoms with Crippen LogP contribution in [0.2, 0.25) is 5.02 Å². The molecule has 0 unspecified atom stereocenters. The lowest BCUT2D eigenvalue weighted by Crippen LogP contribution is -2.50. The predicted octanol–water partition coefficient (Wildman–Crippen LogP) is 3.06. The van der Waals surface area contributed by atoms with Crippen LogP contribution < -0.4 is 14.4 Å². The lowest BCUT2D eigenvalue weighted by atomic mass is 10.2. The molecular formula is C19H20ClFN2O4S2. The first kappa shape index (κ1) is 21.7. The number of nitrogens with one attached hydrogen (secondary N) is 1. The number of sulfonamides is 1. The average molecular weight is 459 g/mol. The molecule has 156 valence electrons. The number of carbonyl (C=O) groups excluding carboxylic acids is 1. The maximum atomic E-state index is 13.7. The first-order valence-electron chi connectivity index (χ1n) is 8.79. The fourth-order valence-electron chi connectivity index (χ4n) is 2.86. The molecule has 2 aromatic rings. The van der Waals surface area contributed by atoms with E-state index in [2.05, 4.69) is 5.32 Å². The van der Waals surface area contributed by atoms with E-state index in [0.29, 0.717) is 40.1 Å². The van der Waals surface area contributed by atoms with Crippen LogP contribution in [0.1, 0.15) is 5.56 Å². The zero-order valence-electron chi connectivity index (χ0n) is 15.6. The Hall–Kier alpha value is -1.97. The number of ether oxygens (including phenoxy) is 1. The van der Waals surface area contributed by atoms with Gasteiger partial charge in [-0.2, -0.15) is 11.8 Å². The van der Waals surface area contributed by atoms with Gasteiger partial charge in [0.25, 0.3) is 5.91 Å². The van der Waals surface area contributed by atoms with Gasteiger partial charge in [-0.05, 0) is 24.3 Å². The van der Waals surface area contributed by atoms with Gasteiger partial charge in [-0.1, -0.05) is 29.8 Å². The molecule has 1 N–H and O–H groups in total. The van der Waals surface area contributed by atoms with E-state index in [4.69, 9.17) is 16.3 Å². The Morgan fingerprint density at radius 2 is 2.07 bits per heavy atom. The van der Waals surface area contributed by atoms with Crippen molar-refractivity contribution in [1.82, 2.24) is 5.32 Å². The van der Waals surface area contributed by atoms with Crippen LogP contribution >= 0.6 is 23.4 Å². The molecule has 10 heteroatoms. The molecule has 2 aromatic carbocycles. The summed E-state index contributed by atoms with van der Waals surface area (Å²) in [6.45, 7) is 0.232. The van der Waals surface area contributed by atoms with Crippen LogP contribution in [0.15, 0.2) is 42.5 Å². The summed E-state index contributed by atoms with van der Waals surface area (Å²) in [5.74, 6) is 0.501. The summed E-state index contributed by atoms with van der Waals surface area (Å²) in [4.78, 5) is 12.5. The molecular weight excluding hydrogens is 439 g/mol. The van der Waals surface area contributed by atoms with Crippen molar-refractivity contribution in [1.29, 1.82) is 0 Å². The second kappa shape index (κ2) is 9.23. The third kappa shape index (κ3) is 5.34. The second-order valence-corrected chi connectivity index (χ2v) is 9.83. The molecule has 3 rings (SSSR count). The Bertz CT molecular complexity index is 983. The van der Waals surface area contributed by atoms with E-state index >= 15 is 0 Å². The van der Waals surface area contributed by atoms with Gasteiger partial charge in [0.1, 0.15) is 11.6 Å². The van der Waals surface area contributed by atoms with Crippen LogP contribution in [-0.2, 0) is 20.6 Å². The van der Waals surface area contributed by atoms with Crippen molar-refractivity contribution in [2.75, 3.05) is 29.4 Å². The van der Waals surface area contributed by atoms with Crippen molar-refractivity contribution in [3.8, 4) is 5.75 Å². The molecule has 0 bridgehead atoms. The average Bonchev–Trinajstić information content (AvgIpc) is 2.68. The zero-order valence-corrected chi connectivity index (χ0v) is 18.0. The third-order valence-electron chi connectivity index (χ3n) is 4.28. The van der Waals surface area contributed by atoms with Crippen LogP contribution in [0, 0.1) is 5.82 Å². The highest BCUT2D eigenvalue weighted by molar-refractivity contribution is 7.98. The van der Waals surface area contributed by atoms with E-state index in [0.717, 1.165) is 6.26 Å². The van der Waals surface area contributed by atoms with Crippen molar-refractivity contribution in [3.63, 3.8) is 0 Å². The number of halogens is 2. The summed E-state index contributed by atoms with van der Waals surface area (Å²) in [6.07, 6.45) is 0.139. The molecule has 1 amide bonds. The standard InChI is InChI=1S/C19H20ClFN2O4S2/c1-29(25,26)23-11-18(27-17-8-3-2-7-16(17)23)19(24)22-9-10-28-12-13-14(20)5-4-6-15(13)21/h2-8,18H,9-12H2,1H3,(H,22,24)/t18-/m1/s1. The van der Waals surface area contributed by atoms with Crippen molar-refractivity contribution in [2.45, 2.75) is 11.9 Å². The number of nitrogens with zero attached hydrogens (tertiary/aromatic N) is 1. The molecule has 0 saturated carbocycles. The Labute approximate surface area is 178 Å². The number of thioether (sulfide) groups is 1. The Morgan fingerprint density at radius 1 is 1.31 bits per heavy atom. The van der Waals surface area contributed by atoms with Gasteiger partial charge in [0.15, 0.2) is 6.10 Å². The van der Waals surface area contributed by atoms with E-state index in [1.165, 1.54) is 22.1 Å². The fourth-order valence-corrected chi connectivity index (χ4v) is 4.97. The van der Waals surface area contributed by atoms with Crippen molar-refractivity contribution in [3.05, 3.63) is 58.9 Å². The third-order valence-corrected chi connectivity index (χ3v) is 6.77. The Kier molecular flexibility index (Phi) is 6.92. The van der Waals surface area contributed by atoms with Crippen LogP contribution in [0.4, 0.5) is 10.1 Å². The van der Waals surface area contributed by atoms with E-state index in [9.17, 15) is 17.6 Å². The molecule has 1 atom stereocenters. The molecule has 1 heterocycles. The van der Waals surface area contributed by atoms with Crippen LogP contribution in [0.5, 0.6) is 5.75 Å². The lowest BCUT2D eigenvalue weighted by Gasteiger charge is -2.33. The summed E-state index contributed by atoms with van der Waals surface area (Å²) < 4.78 is 44.8. The van der Waals surface area contributed by atoms with E-state index in [1.54, 1.807) is 36.4 Å². The first-order chi connectivity index (χ1) is 13.8. The number of benzene rings is 2. The zero-order chi connectivity index (χ0) is 21.0. The first-order valence-corrected chi connectivity index (χ1v) is 12.2. The molecule has 0 radical (unpaired) electrons. The largest absolute Gasteiger partial charge is 0.476 e. The van der Waals surface area contributed by atoms with Gasteiger partial charge >= 0.3 is 0 Å². The maximum absolute atomic E-state index is 13.7. The number of anilines is 1. The molecule has 0 aromatic heterocycles. The minimum absolute atomic E-state index is 0.0976. The van der Waals surface area contributed by atoms with Gasteiger partial charge in [-0.15, -0.1) is 0 Å². The normalized spacial score (nSPS) is 16.1. The molecule has 6 nitrogen and oxygen atoms in total. The van der Waals surface area contributed by atoms with E-state index in [-0.39, 0.29) is 12.4 Å². The molecule has 1 aliphatic rings. The molecule has 1 aliphatic heterocycles. The van der Waals surface area contributed by atoms with Crippen LogP contribution in [0.25, 0.3) is 0 Å². The fraction of sp³-hybridized carbons (Fsp3) is 0.316. The van der Waals surface area contributed by atoms with E-state index in [1.807, 2.05) is 0 Å². The molecule has 0 spiro atoms. The monoisotopic (exact) mass is 458 g/mol. The summed E-state index contributed by atoms with van der Waals surface area (Å²) in [5.41, 5.74) is 0.845. The number of hydrogen-bond donors (Lipinski definition) is 1. The van der Waals surface area contributed by atoms with Crippen molar-refractivity contribution >= 4 is 45.0 Å². The van der Waals surface area contributed by atoms with Gasteiger partial charge in [-0.25, -0.2) is 12.8 Å². The quantitative estimate of drug-likeness (QED) is 0.645. The number of carbonyl (C=O) groups is 1. The second-order valence-electron chi connectivity index (χ2n) is 6.41. The van der Waals surface area contributed by atoms with Gasteiger partial charge < -0.3 is 10.1 Å². The molecule has 0 saturated heterocycles. The highest BCUT2D eigenvalue weighted by Gasteiger charge is 2.34. The van der Waals surface area contributed by atoms with Crippen LogP contribution in [0.3, 0.4) is 0 Å². The molecule has 29 heavy (non-hydrogen) atoms. The Balaban J connectivity index is 1.53. The highest BCUT2D eigenvalue weighted by atomic mass is 35.5. The molecule has 0 fully saturated rings. The van der Waals surface area contributed by atoms with Gasteiger partial charge in [0, 0.05) is 28.6 Å². The minimum atomic E-state index is -3.55. The van der Waals surface area contributed by atoms with Crippen molar-refractivity contribution < 1.29 is 22.3 Å². The minimum Gasteiger partial charge on any atom is -0.476 e. The van der Waals surface area contributed by atoms with E-state index < -0.39 is 22.0 Å². The smallest absolute Gasteiger partial charge is 0.263 e. The maximum Gasteiger partial charge on any atom is 0.263 e. The number of para-hydroxylation sites is 2. The van der Waals surface area contributed by atoms with Gasteiger partial charge in [-0.3, -0.25) is 9.10 Å². The number of fused-ring (bicyclic) bond motifs is 1.